The summed E-state index contributed by atoms with van der Waals surface area (Å²) in [5, 5.41) is 3.72. The van der Waals surface area contributed by atoms with E-state index in [-0.39, 0.29) is 6.03 Å². The largest absolute Gasteiger partial charge is 0.324 e. The van der Waals surface area contributed by atoms with Crippen LogP contribution in [-0.4, -0.2) is 29.0 Å². The first-order valence-electron chi connectivity index (χ1n) is 6.37. The number of amides is 2. The summed E-state index contributed by atoms with van der Waals surface area (Å²) in [7, 11) is 0. The molecule has 2 amide bonds. The van der Waals surface area contributed by atoms with Gasteiger partial charge in [0, 0.05) is 18.0 Å². The van der Waals surface area contributed by atoms with Crippen molar-refractivity contribution in [3.8, 4) is 0 Å². The second kappa shape index (κ2) is 4.64. The van der Waals surface area contributed by atoms with Crippen LogP contribution in [0, 0.1) is 0 Å². The Morgan fingerprint density at radius 3 is 2.71 bits per heavy atom. The lowest BCUT2D eigenvalue weighted by molar-refractivity contribution is 0.222. The highest BCUT2D eigenvalue weighted by molar-refractivity contribution is 7.15. The van der Waals surface area contributed by atoms with Gasteiger partial charge in [0.2, 0.25) is 0 Å². The van der Waals surface area contributed by atoms with Crippen LogP contribution in [0.4, 0.5) is 9.93 Å². The van der Waals surface area contributed by atoms with Crippen molar-refractivity contribution >= 4 is 22.5 Å². The van der Waals surface area contributed by atoms with Gasteiger partial charge in [-0.2, -0.15) is 0 Å². The Hall–Kier alpha value is -1.10. The molecule has 1 saturated heterocycles. The van der Waals surface area contributed by atoms with Crippen LogP contribution in [0.2, 0.25) is 0 Å². The minimum Gasteiger partial charge on any atom is -0.324 e. The van der Waals surface area contributed by atoms with Gasteiger partial charge in [-0.3, -0.25) is 5.32 Å². The van der Waals surface area contributed by atoms with Gasteiger partial charge in [0.15, 0.2) is 5.13 Å². The number of nitrogens with zero attached hydrogens (tertiary/aromatic N) is 2. The van der Waals surface area contributed by atoms with Crippen LogP contribution in [0.1, 0.15) is 36.3 Å². The summed E-state index contributed by atoms with van der Waals surface area (Å²) in [6.07, 6.45) is 6.95. The first-order valence-corrected chi connectivity index (χ1v) is 7.19. The average molecular weight is 251 g/mol. The Kier molecular flexibility index (Phi) is 3.01. The summed E-state index contributed by atoms with van der Waals surface area (Å²) < 4.78 is 0. The van der Waals surface area contributed by atoms with E-state index in [1.165, 1.54) is 23.4 Å². The van der Waals surface area contributed by atoms with Crippen molar-refractivity contribution in [3.63, 3.8) is 0 Å². The first kappa shape index (κ1) is 11.0. The molecule has 2 heterocycles. The van der Waals surface area contributed by atoms with Crippen molar-refractivity contribution < 1.29 is 4.79 Å². The molecule has 0 radical (unpaired) electrons. The first-order chi connectivity index (χ1) is 8.33. The van der Waals surface area contributed by atoms with Gasteiger partial charge in [-0.15, -0.1) is 11.3 Å². The summed E-state index contributed by atoms with van der Waals surface area (Å²) in [6, 6.07) is 0.0218. The smallest absolute Gasteiger partial charge is 0.323 e. The summed E-state index contributed by atoms with van der Waals surface area (Å²) in [6.45, 7) is 1.77. The fraction of sp³-hybridized carbons (Fsp3) is 0.667. The van der Waals surface area contributed by atoms with Gasteiger partial charge >= 0.3 is 6.03 Å². The van der Waals surface area contributed by atoms with Crippen molar-refractivity contribution in [2.45, 2.75) is 38.5 Å². The molecule has 1 aliphatic heterocycles. The van der Waals surface area contributed by atoms with E-state index in [2.05, 4.69) is 10.3 Å². The van der Waals surface area contributed by atoms with Crippen LogP contribution in [0.15, 0.2) is 0 Å². The van der Waals surface area contributed by atoms with Crippen LogP contribution in [0.25, 0.3) is 0 Å². The Bertz CT molecular complexity index is 400. The third-order valence-corrected chi connectivity index (χ3v) is 4.53. The van der Waals surface area contributed by atoms with Crippen LogP contribution in [0.5, 0.6) is 0 Å². The van der Waals surface area contributed by atoms with Crippen molar-refractivity contribution in [2.24, 2.45) is 0 Å². The quantitative estimate of drug-likeness (QED) is 0.834. The molecule has 1 aromatic heterocycles. The van der Waals surface area contributed by atoms with E-state index in [1.807, 2.05) is 4.90 Å². The molecule has 1 fully saturated rings. The summed E-state index contributed by atoms with van der Waals surface area (Å²) in [5.41, 5.74) is 1.21. The van der Waals surface area contributed by atoms with E-state index in [0.29, 0.717) is 0 Å². The zero-order valence-electron chi connectivity index (χ0n) is 9.87. The molecule has 0 aromatic carbocycles. The Balaban J connectivity index is 1.68. The molecule has 0 bridgehead atoms. The molecule has 92 valence electrons. The Morgan fingerprint density at radius 2 is 1.94 bits per heavy atom. The number of hydrogen-bond donors (Lipinski definition) is 1. The Labute approximate surface area is 105 Å². The summed E-state index contributed by atoms with van der Waals surface area (Å²) in [4.78, 5) is 19.7. The fourth-order valence-corrected chi connectivity index (χ4v) is 3.54. The second-order valence-electron chi connectivity index (χ2n) is 4.72. The number of fused-ring (bicyclic) bond motifs is 1. The van der Waals surface area contributed by atoms with Gasteiger partial charge in [0.05, 0.1) is 5.69 Å². The standard InChI is InChI=1S/C12H17N3OS/c16-12(15-7-3-4-8-15)14-11-13-9-5-1-2-6-10(9)17-11/h1-8H2,(H,13,14,16). The highest BCUT2D eigenvalue weighted by atomic mass is 32.1. The number of likely N-dealkylation sites (tertiary alicyclic amines) is 1. The predicted octanol–water partition coefficient (Wildman–Crippen LogP) is 2.65. The summed E-state index contributed by atoms with van der Waals surface area (Å²) in [5.74, 6) is 0. The number of aromatic nitrogens is 1. The highest BCUT2D eigenvalue weighted by Gasteiger charge is 2.20. The van der Waals surface area contributed by atoms with E-state index in [4.69, 9.17) is 0 Å². The van der Waals surface area contributed by atoms with Crippen LogP contribution < -0.4 is 5.32 Å². The van der Waals surface area contributed by atoms with E-state index in [0.717, 1.165) is 43.9 Å². The van der Waals surface area contributed by atoms with E-state index >= 15 is 0 Å². The molecule has 3 rings (SSSR count). The molecule has 1 aromatic rings. The molecule has 0 saturated carbocycles. The van der Waals surface area contributed by atoms with Crippen LogP contribution in [-0.2, 0) is 12.8 Å². The third-order valence-electron chi connectivity index (χ3n) is 3.45. The lowest BCUT2D eigenvalue weighted by Crippen LogP contribution is -2.32. The number of anilines is 1. The van der Waals surface area contributed by atoms with Crippen molar-refractivity contribution in [1.29, 1.82) is 0 Å². The fourth-order valence-electron chi connectivity index (χ4n) is 2.50. The number of urea groups is 1. The van der Waals surface area contributed by atoms with Gasteiger partial charge in [-0.1, -0.05) is 0 Å². The van der Waals surface area contributed by atoms with Gasteiger partial charge in [-0.25, -0.2) is 9.78 Å². The number of aryl methyl sites for hydroxylation is 2. The maximum Gasteiger partial charge on any atom is 0.323 e. The number of carbonyl (C=O) groups excluding carboxylic acids is 1. The SMILES string of the molecule is O=C(Nc1nc2c(s1)CCCC2)N1CCCC1. The predicted molar refractivity (Wildman–Crippen MR) is 68.6 cm³/mol. The monoisotopic (exact) mass is 251 g/mol. The van der Waals surface area contributed by atoms with E-state index < -0.39 is 0 Å². The third kappa shape index (κ3) is 2.29. The lowest BCUT2D eigenvalue weighted by Gasteiger charge is -2.14. The number of carbonyl (C=O) groups is 1. The molecular formula is C12H17N3OS. The zero-order chi connectivity index (χ0) is 11.7. The lowest BCUT2D eigenvalue weighted by atomic mass is 10.0. The maximum atomic E-state index is 11.9. The average Bonchev–Trinajstić information content (AvgIpc) is 2.97. The minimum absolute atomic E-state index is 0.0218. The molecule has 0 spiro atoms. The van der Waals surface area contributed by atoms with Gasteiger partial charge in [0.25, 0.3) is 0 Å². The number of thiazole rings is 1. The van der Waals surface area contributed by atoms with Crippen molar-refractivity contribution in [3.05, 3.63) is 10.6 Å². The summed E-state index contributed by atoms with van der Waals surface area (Å²) >= 11 is 1.65. The molecule has 17 heavy (non-hydrogen) atoms. The van der Waals surface area contributed by atoms with Gasteiger partial charge in [-0.05, 0) is 38.5 Å². The molecule has 0 atom stereocenters. The normalized spacial score (nSPS) is 19.2. The maximum absolute atomic E-state index is 11.9. The minimum atomic E-state index is 0.0218. The van der Waals surface area contributed by atoms with E-state index in [1.54, 1.807) is 11.3 Å². The number of hydrogen-bond acceptors (Lipinski definition) is 3. The number of nitrogens with one attached hydrogen (secondary N) is 1. The molecule has 1 aliphatic carbocycles. The van der Waals surface area contributed by atoms with Gasteiger partial charge < -0.3 is 4.90 Å². The van der Waals surface area contributed by atoms with Crippen molar-refractivity contribution in [2.75, 3.05) is 18.4 Å². The molecule has 2 aliphatic rings. The van der Waals surface area contributed by atoms with Gasteiger partial charge in [0.1, 0.15) is 0 Å². The Morgan fingerprint density at radius 1 is 1.18 bits per heavy atom. The highest BCUT2D eigenvalue weighted by Crippen LogP contribution is 2.29. The second-order valence-corrected chi connectivity index (χ2v) is 5.80. The zero-order valence-corrected chi connectivity index (χ0v) is 10.7. The molecule has 0 unspecified atom stereocenters. The molecule has 4 nitrogen and oxygen atoms in total. The van der Waals surface area contributed by atoms with Crippen LogP contribution >= 0.6 is 11.3 Å². The topological polar surface area (TPSA) is 45.2 Å². The van der Waals surface area contributed by atoms with Crippen molar-refractivity contribution in [1.82, 2.24) is 9.88 Å². The van der Waals surface area contributed by atoms with E-state index in [9.17, 15) is 4.79 Å². The molecular weight excluding hydrogens is 234 g/mol. The van der Waals surface area contributed by atoms with Crippen LogP contribution in [0.3, 0.4) is 0 Å². The molecule has 5 heteroatoms. The molecule has 1 N–H and O–H groups in total. The number of rotatable bonds is 1.